The quantitative estimate of drug-likeness (QED) is 0.230. The number of carbonyl (C=O) groups is 1. The smallest absolute Gasteiger partial charge is 0.342 e. The Morgan fingerprint density at radius 1 is 1.24 bits per heavy atom. The number of nitro benzene ring substituents is 1. The number of nitrogens with zero attached hydrogens (tertiary/aromatic N) is 3. The molecule has 0 radical (unpaired) electrons. The number of benzene rings is 2. The average molecular weight is 429 g/mol. The van der Waals surface area contributed by atoms with Crippen LogP contribution in [-0.4, -0.2) is 26.2 Å². The van der Waals surface area contributed by atoms with Gasteiger partial charge in [-0.15, -0.1) is 10.2 Å². The molecule has 8 nitrogen and oxygen atoms in total. The first-order valence-corrected chi connectivity index (χ1v) is 10.1. The number of rotatable bonds is 8. The fraction of sp³-hybridized carbons (Fsp3) is 0.105. The highest BCUT2D eigenvalue weighted by Crippen LogP contribution is 2.36. The van der Waals surface area contributed by atoms with Crippen molar-refractivity contribution in [3.8, 4) is 0 Å². The highest BCUT2D eigenvalue weighted by atomic mass is 32.2. The molecule has 0 amide bonds. The zero-order valence-corrected chi connectivity index (χ0v) is 16.8. The Bertz CT molecular complexity index is 1070. The van der Waals surface area contributed by atoms with Crippen LogP contribution < -0.4 is 0 Å². The molecule has 10 heteroatoms. The lowest BCUT2D eigenvalue weighted by Gasteiger charge is -2.05. The molecule has 0 aliphatic rings. The maximum absolute atomic E-state index is 11.6. The van der Waals surface area contributed by atoms with Crippen LogP contribution in [0.25, 0.3) is 6.08 Å². The summed E-state index contributed by atoms with van der Waals surface area (Å²) >= 11 is 2.06. The van der Waals surface area contributed by atoms with E-state index in [-0.39, 0.29) is 15.8 Å². The van der Waals surface area contributed by atoms with Crippen LogP contribution in [0.4, 0.5) is 5.69 Å². The molecule has 3 aromatic rings. The van der Waals surface area contributed by atoms with Crippen LogP contribution in [0.2, 0.25) is 0 Å². The normalized spacial score (nSPS) is 11.4. The van der Waals surface area contributed by atoms with Crippen molar-refractivity contribution in [2.45, 2.75) is 28.4 Å². The number of aromatic nitrogens is 2. The van der Waals surface area contributed by atoms with Crippen LogP contribution in [0.3, 0.4) is 0 Å². The standard InChI is InChI=1S/C19H15N3O5S2/c1-2-17-20-21-19(27-17)29-16(18(23)24)11-12-8-9-15(14(10-12)22(25)26)28-13-6-4-3-5-7-13/h3-11H,2H2,1H3,(H,23,24)/b16-11+. The van der Waals surface area contributed by atoms with E-state index in [9.17, 15) is 20.0 Å². The van der Waals surface area contributed by atoms with Gasteiger partial charge in [0.15, 0.2) is 0 Å². The van der Waals surface area contributed by atoms with Crippen molar-refractivity contribution in [1.82, 2.24) is 10.2 Å². The summed E-state index contributed by atoms with van der Waals surface area (Å²) in [7, 11) is 0. The summed E-state index contributed by atoms with van der Waals surface area (Å²) < 4.78 is 5.32. The number of nitro groups is 1. The lowest BCUT2D eigenvalue weighted by atomic mass is 10.2. The molecular formula is C19H15N3O5S2. The summed E-state index contributed by atoms with van der Waals surface area (Å²) in [5, 5.41) is 28.7. The number of carboxylic acids is 1. The molecule has 3 rings (SSSR count). The van der Waals surface area contributed by atoms with Crippen molar-refractivity contribution in [2.75, 3.05) is 0 Å². The van der Waals surface area contributed by atoms with E-state index < -0.39 is 10.9 Å². The average Bonchev–Trinajstić information content (AvgIpc) is 3.17. The monoisotopic (exact) mass is 429 g/mol. The first-order valence-electron chi connectivity index (χ1n) is 8.43. The molecule has 0 fully saturated rings. The highest BCUT2D eigenvalue weighted by Gasteiger charge is 2.18. The first-order chi connectivity index (χ1) is 14.0. The fourth-order valence-electron chi connectivity index (χ4n) is 2.27. The van der Waals surface area contributed by atoms with Gasteiger partial charge in [0, 0.05) is 17.4 Å². The van der Waals surface area contributed by atoms with Crippen molar-refractivity contribution >= 4 is 41.3 Å². The molecule has 0 atom stereocenters. The van der Waals surface area contributed by atoms with Gasteiger partial charge in [0.1, 0.15) is 4.91 Å². The molecule has 29 heavy (non-hydrogen) atoms. The van der Waals surface area contributed by atoms with E-state index in [0.29, 0.717) is 22.8 Å². The molecule has 148 valence electrons. The number of hydrogen-bond donors (Lipinski definition) is 1. The largest absolute Gasteiger partial charge is 0.477 e. The van der Waals surface area contributed by atoms with Gasteiger partial charge in [0.2, 0.25) is 5.89 Å². The SMILES string of the molecule is CCc1nnc(S/C(=C/c2ccc(Sc3ccccc3)c([N+](=O)[O-])c2)C(=O)O)o1. The maximum Gasteiger partial charge on any atom is 0.342 e. The summed E-state index contributed by atoms with van der Waals surface area (Å²) in [6.45, 7) is 1.84. The van der Waals surface area contributed by atoms with Gasteiger partial charge in [0.25, 0.3) is 10.9 Å². The second-order valence-electron chi connectivity index (χ2n) is 5.63. The Morgan fingerprint density at radius 2 is 2.00 bits per heavy atom. The molecule has 0 aliphatic carbocycles. The molecule has 1 aromatic heterocycles. The minimum Gasteiger partial charge on any atom is -0.477 e. The molecule has 0 unspecified atom stereocenters. The van der Waals surface area contributed by atoms with E-state index in [1.807, 2.05) is 37.3 Å². The number of aryl methyl sites for hydroxylation is 1. The maximum atomic E-state index is 11.6. The molecule has 0 bridgehead atoms. The summed E-state index contributed by atoms with van der Waals surface area (Å²) in [5.74, 6) is -0.799. The fourth-order valence-corrected chi connectivity index (χ4v) is 3.88. The Morgan fingerprint density at radius 3 is 2.62 bits per heavy atom. The van der Waals surface area contributed by atoms with Crippen LogP contribution >= 0.6 is 23.5 Å². The van der Waals surface area contributed by atoms with Crippen LogP contribution in [0, 0.1) is 10.1 Å². The summed E-state index contributed by atoms with van der Waals surface area (Å²) in [6.07, 6.45) is 1.87. The van der Waals surface area contributed by atoms with Crippen molar-refractivity contribution in [3.05, 3.63) is 75.0 Å². The molecule has 1 N–H and O–H groups in total. The van der Waals surface area contributed by atoms with Gasteiger partial charge in [-0.3, -0.25) is 10.1 Å². The van der Waals surface area contributed by atoms with Crippen LogP contribution in [0.15, 0.2) is 72.9 Å². The van der Waals surface area contributed by atoms with E-state index in [2.05, 4.69) is 10.2 Å². The van der Waals surface area contributed by atoms with Gasteiger partial charge in [-0.05, 0) is 41.6 Å². The zero-order valence-electron chi connectivity index (χ0n) is 15.1. The van der Waals surface area contributed by atoms with Crippen LogP contribution in [-0.2, 0) is 11.2 Å². The van der Waals surface area contributed by atoms with Gasteiger partial charge < -0.3 is 9.52 Å². The summed E-state index contributed by atoms with van der Waals surface area (Å²) in [6, 6.07) is 13.9. The third kappa shape index (κ3) is 5.46. The lowest BCUT2D eigenvalue weighted by molar-refractivity contribution is -0.387. The van der Waals surface area contributed by atoms with Crippen molar-refractivity contribution in [2.24, 2.45) is 0 Å². The third-order valence-electron chi connectivity index (χ3n) is 3.61. The topological polar surface area (TPSA) is 119 Å². The molecule has 1 heterocycles. The predicted molar refractivity (Wildman–Crippen MR) is 109 cm³/mol. The van der Waals surface area contributed by atoms with Gasteiger partial charge in [-0.1, -0.05) is 43.0 Å². The van der Waals surface area contributed by atoms with Gasteiger partial charge in [-0.2, -0.15) is 0 Å². The predicted octanol–water partition coefficient (Wildman–Crippen LogP) is 4.91. The second kappa shape index (κ2) is 9.39. The molecular weight excluding hydrogens is 414 g/mol. The second-order valence-corrected chi connectivity index (χ2v) is 7.74. The molecule has 0 aliphatic heterocycles. The Labute approximate surface area is 174 Å². The number of aliphatic carboxylic acids is 1. The number of hydrogen-bond acceptors (Lipinski definition) is 8. The molecule has 0 saturated carbocycles. The highest BCUT2D eigenvalue weighted by molar-refractivity contribution is 8.03. The number of carboxylic acid groups (broad SMARTS) is 1. The summed E-state index contributed by atoms with van der Waals surface area (Å²) in [5.41, 5.74) is 0.280. The van der Waals surface area contributed by atoms with Crippen molar-refractivity contribution < 1.29 is 19.2 Å². The minimum atomic E-state index is -1.20. The van der Waals surface area contributed by atoms with E-state index in [0.717, 1.165) is 16.7 Å². The molecule has 2 aromatic carbocycles. The molecule has 0 spiro atoms. The van der Waals surface area contributed by atoms with Crippen LogP contribution in [0.5, 0.6) is 0 Å². The number of thioether (sulfide) groups is 1. The zero-order chi connectivity index (χ0) is 20.8. The minimum absolute atomic E-state index is 0.0888. The Hall–Kier alpha value is -3.11. The van der Waals surface area contributed by atoms with Gasteiger partial charge in [-0.25, -0.2) is 4.79 Å². The summed E-state index contributed by atoms with van der Waals surface area (Å²) in [4.78, 5) is 23.9. The van der Waals surface area contributed by atoms with Gasteiger partial charge in [0.05, 0.1) is 9.82 Å². The van der Waals surface area contributed by atoms with E-state index in [1.165, 1.54) is 23.9 Å². The van der Waals surface area contributed by atoms with E-state index >= 15 is 0 Å². The van der Waals surface area contributed by atoms with E-state index in [4.69, 9.17) is 4.42 Å². The van der Waals surface area contributed by atoms with Crippen molar-refractivity contribution in [1.29, 1.82) is 0 Å². The molecule has 0 saturated heterocycles. The van der Waals surface area contributed by atoms with Crippen molar-refractivity contribution in [3.63, 3.8) is 0 Å². The third-order valence-corrected chi connectivity index (χ3v) is 5.53. The van der Waals surface area contributed by atoms with Gasteiger partial charge >= 0.3 is 5.97 Å². The van der Waals surface area contributed by atoms with E-state index in [1.54, 1.807) is 12.1 Å². The first kappa shape index (κ1) is 20.6. The lowest BCUT2D eigenvalue weighted by Crippen LogP contribution is -1.97. The Kier molecular flexibility index (Phi) is 6.68. The van der Waals surface area contributed by atoms with Crippen LogP contribution in [0.1, 0.15) is 18.4 Å². The Balaban J connectivity index is 1.90.